The van der Waals surface area contributed by atoms with Crippen molar-refractivity contribution in [3.05, 3.63) is 47.8 Å². The highest BCUT2D eigenvalue weighted by Crippen LogP contribution is 2.25. The smallest absolute Gasteiger partial charge is 0.231 e. The van der Waals surface area contributed by atoms with Gasteiger partial charge in [-0.2, -0.15) is 10.1 Å². The highest BCUT2D eigenvalue weighted by Gasteiger charge is 2.21. The summed E-state index contributed by atoms with van der Waals surface area (Å²) in [7, 11) is 3.46. The van der Waals surface area contributed by atoms with Crippen molar-refractivity contribution in [1.29, 1.82) is 0 Å². The van der Waals surface area contributed by atoms with E-state index in [4.69, 9.17) is 4.74 Å². The summed E-state index contributed by atoms with van der Waals surface area (Å²) >= 11 is 0. The number of hydrogen-bond donors (Lipinski definition) is 2. The molecule has 29 heavy (non-hydrogen) atoms. The summed E-state index contributed by atoms with van der Waals surface area (Å²) in [5.74, 6) is 2.33. The van der Waals surface area contributed by atoms with Gasteiger partial charge in [0.15, 0.2) is 5.82 Å². The van der Waals surface area contributed by atoms with Gasteiger partial charge >= 0.3 is 0 Å². The highest BCUT2D eigenvalue weighted by atomic mass is 35.5. The predicted molar refractivity (Wildman–Crippen MR) is 116 cm³/mol. The van der Waals surface area contributed by atoms with Crippen LogP contribution in [0.15, 0.2) is 36.4 Å². The van der Waals surface area contributed by atoms with Crippen molar-refractivity contribution in [2.45, 2.75) is 25.2 Å². The zero-order chi connectivity index (χ0) is 19.5. The van der Waals surface area contributed by atoms with Crippen LogP contribution in [-0.2, 0) is 18.3 Å². The average Bonchev–Trinajstić information content (AvgIpc) is 3.09. The van der Waals surface area contributed by atoms with Crippen LogP contribution < -0.4 is 15.4 Å². The Balaban J connectivity index is 0.00000240. The van der Waals surface area contributed by atoms with Gasteiger partial charge in [0.2, 0.25) is 11.9 Å². The summed E-state index contributed by atoms with van der Waals surface area (Å²) < 4.78 is 6.98. The SMILES string of the molecule is COc1ccc2cccc(CC(=O)Nc3nc(C4CCNCC4)nn3C)c2c1.Cl. The topological polar surface area (TPSA) is 81.1 Å². The molecule has 0 unspecified atom stereocenters. The van der Waals surface area contributed by atoms with Gasteiger partial charge in [-0.25, -0.2) is 4.68 Å². The van der Waals surface area contributed by atoms with Gasteiger partial charge in [0, 0.05) is 13.0 Å². The number of nitrogens with one attached hydrogen (secondary N) is 2. The lowest BCUT2D eigenvalue weighted by atomic mass is 9.98. The summed E-state index contributed by atoms with van der Waals surface area (Å²) in [4.78, 5) is 17.3. The second kappa shape index (κ2) is 9.24. The molecule has 3 aromatic rings. The quantitative estimate of drug-likeness (QED) is 0.669. The second-order valence-corrected chi connectivity index (χ2v) is 7.17. The fraction of sp³-hybridized carbons (Fsp3) is 0.381. The lowest BCUT2D eigenvalue weighted by Gasteiger charge is -2.19. The number of anilines is 1. The Morgan fingerprint density at radius 2 is 2.07 bits per heavy atom. The van der Waals surface area contributed by atoms with E-state index in [-0.39, 0.29) is 24.7 Å². The zero-order valence-corrected chi connectivity index (χ0v) is 17.5. The van der Waals surface area contributed by atoms with E-state index >= 15 is 0 Å². The second-order valence-electron chi connectivity index (χ2n) is 7.17. The first-order valence-electron chi connectivity index (χ1n) is 9.61. The van der Waals surface area contributed by atoms with E-state index < -0.39 is 0 Å². The maximum absolute atomic E-state index is 12.7. The van der Waals surface area contributed by atoms with Crippen LogP contribution in [0, 0.1) is 0 Å². The van der Waals surface area contributed by atoms with Gasteiger partial charge in [-0.05, 0) is 54.4 Å². The molecule has 0 atom stereocenters. The number of methoxy groups -OCH3 is 1. The summed E-state index contributed by atoms with van der Waals surface area (Å²) in [6.07, 6.45) is 2.31. The Morgan fingerprint density at radius 3 is 2.83 bits per heavy atom. The van der Waals surface area contributed by atoms with Gasteiger partial charge < -0.3 is 10.1 Å². The molecule has 0 aliphatic carbocycles. The Kier molecular flexibility index (Phi) is 6.71. The number of nitrogens with zero attached hydrogens (tertiary/aromatic N) is 3. The Bertz CT molecular complexity index is 998. The molecule has 1 saturated heterocycles. The molecule has 0 spiro atoms. The Hall–Kier alpha value is -2.64. The average molecular weight is 416 g/mol. The van der Waals surface area contributed by atoms with Crippen LogP contribution in [0.1, 0.15) is 30.1 Å². The molecule has 7 nitrogen and oxygen atoms in total. The summed E-state index contributed by atoms with van der Waals surface area (Å²) in [6, 6.07) is 11.9. The van der Waals surface area contributed by atoms with Crippen LogP contribution in [0.25, 0.3) is 10.8 Å². The van der Waals surface area contributed by atoms with Crippen LogP contribution in [0.4, 0.5) is 5.95 Å². The molecular weight excluding hydrogens is 390 g/mol. The third-order valence-corrected chi connectivity index (χ3v) is 5.27. The fourth-order valence-corrected chi connectivity index (χ4v) is 3.71. The molecular formula is C21H26ClN5O2. The van der Waals surface area contributed by atoms with Crippen LogP contribution in [0.5, 0.6) is 5.75 Å². The minimum absolute atomic E-state index is 0. The van der Waals surface area contributed by atoms with E-state index in [1.165, 1.54) is 0 Å². The molecule has 1 aromatic heterocycles. The lowest BCUT2D eigenvalue weighted by molar-refractivity contribution is -0.115. The molecule has 1 amide bonds. The molecule has 1 aliphatic rings. The number of aryl methyl sites for hydroxylation is 1. The molecule has 4 rings (SSSR count). The van der Waals surface area contributed by atoms with E-state index in [1.54, 1.807) is 11.8 Å². The third-order valence-electron chi connectivity index (χ3n) is 5.27. The number of carbonyl (C=O) groups excluding carboxylic acids is 1. The number of amides is 1. The van der Waals surface area contributed by atoms with Gasteiger partial charge in [-0.15, -0.1) is 12.4 Å². The maximum atomic E-state index is 12.7. The third kappa shape index (κ3) is 4.68. The molecule has 2 N–H and O–H groups in total. The van der Waals surface area contributed by atoms with Gasteiger partial charge in [-0.3, -0.25) is 10.1 Å². The maximum Gasteiger partial charge on any atom is 0.231 e. The van der Waals surface area contributed by atoms with Crippen molar-refractivity contribution in [3.8, 4) is 5.75 Å². The number of halogens is 1. The minimum atomic E-state index is -0.109. The number of piperidine rings is 1. The Labute approximate surface area is 176 Å². The summed E-state index contributed by atoms with van der Waals surface area (Å²) in [6.45, 7) is 1.96. The van der Waals surface area contributed by atoms with Crippen molar-refractivity contribution >= 4 is 35.0 Å². The number of fused-ring (bicyclic) bond motifs is 1. The largest absolute Gasteiger partial charge is 0.497 e. The summed E-state index contributed by atoms with van der Waals surface area (Å²) in [5, 5.41) is 12.9. The van der Waals surface area contributed by atoms with Crippen molar-refractivity contribution in [1.82, 2.24) is 20.1 Å². The number of rotatable bonds is 5. The minimum Gasteiger partial charge on any atom is -0.497 e. The van der Waals surface area contributed by atoms with E-state index in [0.29, 0.717) is 11.9 Å². The number of ether oxygens (including phenoxy) is 1. The highest BCUT2D eigenvalue weighted by molar-refractivity contribution is 5.95. The first-order chi connectivity index (χ1) is 13.6. The lowest BCUT2D eigenvalue weighted by Crippen LogP contribution is -2.27. The number of carbonyl (C=O) groups is 1. The van der Waals surface area contributed by atoms with E-state index in [0.717, 1.165) is 53.8 Å². The molecule has 8 heteroatoms. The van der Waals surface area contributed by atoms with Gasteiger partial charge in [0.1, 0.15) is 5.75 Å². The predicted octanol–water partition coefficient (Wildman–Crippen LogP) is 3.05. The molecule has 2 heterocycles. The van der Waals surface area contributed by atoms with Crippen LogP contribution in [0.3, 0.4) is 0 Å². The van der Waals surface area contributed by atoms with Crippen molar-refractivity contribution in [2.75, 3.05) is 25.5 Å². The Morgan fingerprint density at radius 1 is 1.28 bits per heavy atom. The van der Waals surface area contributed by atoms with E-state index in [1.807, 2.05) is 43.4 Å². The van der Waals surface area contributed by atoms with Crippen molar-refractivity contribution < 1.29 is 9.53 Å². The van der Waals surface area contributed by atoms with Gasteiger partial charge in [0.05, 0.1) is 13.5 Å². The molecule has 0 bridgehead atoms. The molecule has 1 fully saturated rings. The van der Waals surface area contributed by atoms with Crippen molar-refractivity contribution in [3.63, 3.8) is 0 Å². The normalized spacial score (nSPS) is 14.4. The van der Waals surface area contributed by atoms with Crippen LogP contribution in [0.2, 0.25) is 0 Å². The summed E-state index contributed by atoms with van der Waals surface area (Å²) in [5.41, 5.74) is 0.953. The fourth-order valence-electron chi connectivity index (χ4n) is 3.71. The zero-order valence-electron chi connectivity index (χ0n) is 16.6. The van der Waals surface area contributed by atoms with E-state index in [2.05, 4.69) is 20.7 Å². The number of benzene rings is 2. The molecule has 154 valence electrons. The van der Waals surface area contributed by atoms with Gasteiger partial charge in [-0.1, -0.05) is 24.3 Å². The molecule has 2 aromatic carbocycles. The van der Waals surface area contributed by atoms with Crippen molar-refractivity contribution in [2.24, 2.45) is 7.05 Å². The molecule has 0 saturated carbocycles. The molecule has 1 aliphatic heterocycles. The molecule has 0 radical (unpaired) electrons. The van der Waals surface area contributed by atoms with Crippen LogP contribution in [-0.4, -0.2) is 40.9 Å². The first-order valence-corrected chi connectivity index (χ1v) is 9.61. The number of aromatic nitrogens is 3. The number of hydrogen-bond acceptors (Lipinski definition) is 5. The first kappa shape index (κ1) is 21.1. The van der Waals surface area contributed by atoms with Gasteiger partial charge in [0.25, 0.3) is 0 Å². The van der Waals surface area contributed by atoms with E-state index in [9.17, 15) is 4.79 Å². The monoisotopic (exact) mass is 415 g/mol. The standard InChI is InChI=1S/C21H25N5O2.ClH/c1-26-21(24-20(25-26)15-8-10-22-11-9-15)23-19(27)12-16-5-3-4-14-6-7-17(28-2)13-18(14)16;/h3-7,13,15,22H,8-12H2,1-2H3,(H,23,24,25,27);1H. The van der Waals surface area contributed by atoms with Crippen LogP contribution >= 0.6 is 12.4 Å².